The predicted molar refractivity (Wildman–Crippen MR) is 68.5 cm³/mol. The summed E-state index contributed by atoms with van der Waals surface area (Å²) in [5.74, 6) is -31.7. The molecular weight excluding hydrogens is 428 g/mol. The molecule has 0 spiro atoms. The summed E-state index contributed by atoms with van der Waals surface area (Å²) in [6, 6.07) is 0.568. The molecule has 160 valence electrons. The predicted octanol–water partition coefficient (Wildman–Crippen LogP) is 4.93. The van der Waals surface area contributed by atoms with Gasteiger partial charge in [-0.05, 0) is 6.07 Å². The van der Waals surface area contributed by atoms with Crippen molar-refractivity contribution in [1.29, 1.82) is 0 Å². The summed E-state index contributed by atoms with van der Waals surface area (Å²) in [5, 5.41) is 17.3. The largest absolute Gasteiger partial charge is 0.390 e. The van der Waals surface area contributed by atoms with Gasteiger partial charge in [0.2, 0.25) is 0 Å². The van der Waals surface area contributed by atoms with Gasteiger partial charge >= 0.3 is 29.8 Å². The first-order valence-corrected chi connectivity index (χ1v) is 6.77. The number of alkyl halides is 8. The maximum absolute atomic E-state index is 13.9. The van der Waals surface area contributed by atoms with E-state index in [-0.39, 0.29) is 12.1 Å². The zero-order valence-electron chi connectivity index (χ0n) is 12.9. The Morgan fingerprint density at radius 3 is 1.82 bits per heavy atom. The molecule has 2 N–H and O–H groups in total. The summed E-state index contributed by atoms with van der Waals surface area (Å²) in [6.45, 7) is -2.99. The first-order chi connectivity index (χ1) is 12.5. The summed E-state index contributed by atoms with van der Waals surface area (Å²) in [5.41, 5.74) is -3.84. The van der Waals surface area contributed by atoms with E-state index < -0.39 is 65.3 Å². The fourth-order valence-corrected chi connectivity index (χ4v) is 1.94. The summed E-state index contributed by atoms with van der Waals surface area (Å²) < 4.78 is 158. The number of benzene rings is 1. The third-order valence-corrected chi connectivity index (χ3v) is 3.54. The second-order valence-corrected chi connectivity index (χ2v) is 5.32. The number of rotatable bonds is 7. The Morgan fingerprint density at radius 1 is 0.893 bits per heavy atom. The number of aliphatic hydroxyl groups excluding tert-OH is 2. The first-order valence-electron chi connectivity index (χ1n) is 6.77. The highest BCUT2D eigenvalue weighted by molar-refractivity contribution is 5.61. The van der Waals surface area contributed by atoms with Crippen molar-refractivity contribution in [2.45, 2.75) is 29.8 Å². The monoisotopic (exact) mass is 436 g/mol. The Bertz CT molecular complexity index is 755. The molecule has 0 fully saturated rings. The van der Waals surface area contributed by atoms with Crippen molar-refractivity contribution in [2.75, 3.05) is 6.61 Å². The third-order valence-electron chi connectivity index (χ3n) is 3.54. The molecule has 0 heterocycles. The highest BCUT2D eigenvalue weighted by Gasteiger charge is 2.82. The van der Waals surface area contributed by atoms with Gasteiger partial charge in [-0.25, -0.2) is 8.78 Å². The number of aliphatic hydroxyl groups is 2. The van der Waals surface area contributed by atoms with E-state index in [9.17, 15) is 57.8 Å². The first kappa shape index (κ1) is 24.1. The molecule has 2 nitrogen and oxygen atoms in total. The van der Waals surface area contributed by atoms with Gasteiger partial charge in [0.1, 0.15) is 12.4 Å². The van der Waals surface area contributed by atoms with Crippen LogP contribution in [0.15, 0.2) is 24.3 Å². The van der Waals surface area contributed by atoms with E-state index in [4.69, 9.17) is 5.11 Å². The number of halogens is 12. The van der Waals surface area contributed by atoms with Crippen LogP contribution in [0, 0.1) is 5.82 Å². The molecule has 0 aromatic heterocycles. The summed E-state index contributed by atoms with van der Waals surface area (Å²) >= 11 is 0. The smallest absolute Gasteiger partial charge is 0.381 e. The minimum Gasteiger partial charge on any atom is -0.390 e. The maximum Gasteiger partial charge on any atom is 0.381 e. The van der Waals surface area contributed by atoms with E-state index >= 15 is 0 Å². The average Bonchev–Trinajstić information content (AvgIpc) is 2.59. The standard InChI is InChI=1S/C14H8F12O2/c15-7-5(8(16)10(17)18)2-1-3-6(7)9(28)12(21,22)14(25,26)13(23,24)11(19,20)4-27/h1-3,9,27-28H,4H2. The Kier molecular flexibility index (Phi) is 6.42. The molecule has 1 aromatic carbocycles. The van der Waals surface area contributed by atoms with Gasteiger partial charge in [-0.3, -0.25) is 0 Å². The van der Waals surface area contributed by atoms with Gasteiger partial charge < -0.3 is 10.2 Å². The zero-order chi connectivity index (χ0) is 22.3. The normalized spacial score (nSPS) is 14.8. The van der Waals surface area contributed by atoms with Crippen LogP contribution in [-0.2, 0) is 0 Å². The summed E-state index contributed by atoms with van der Waals surface area (Å²) in [4.78, 5) is 0. The lowest BCUT2D eigenvalue weighted by Crippen LogP contribution is -2.64. The second kappa shape index (κ2) is 7.46. The quantitative estimate of drug-likeness (QED) is 0.596. The second-order valence-electron chi connectivity index (χ2n) is 5.32. The highest BCUT2D eigenvalue weighted by atomic mass is 19.4. The Balaban J connectivity index is 3.56. The molecule has 0 bridgehead atoms. The molecule has 0 saturated heterocycles. The third kappa shape index (κ3) is 3.54. The molecule has 1 rings (SSSR count). The lowest BCUT2D eigenvalue weighted by atomic mass is 9.91. The van der Waals surface area contributed by atoms with Crippen LogP contribution in [0.1, 0.15) is 17.2 Å². The van der Waals surface area contributed by atoms with Crippen molar-refractivity contribution >= 4 is 5.83 Å². The van der Waals surface area contributed by atoms with E-state index in [1.165, 1.54) is 0 Å². The maximum atomic E-state index is 13.9. The van der Waals surface area contributed by atoms with Crippen LogP contribution < -0.4 is 0 Å². The van der Waals surface area contributed by atoms with Crippen LogP contribution in [0.3, 0.4) is 0 Å². The van der Waals surface area contributed by atoms with E-state index in [1.54, 1.807) is 0 Å². The highest BCUT2D eigenvalue weighted by Crippen LogP contribution is 2.56. The minimum atomic E-state index is -7.08. The van der Waals surface area contributed by atoms with Gasteiger partial charge in [-0.15, -0.1) is 0 Å². The van der Waals surface area contributed by atoms with Crippen LogP contribution >= 0.6 is 0 Å². The molecule has 0 amide bonds. The Morgan fingerprint density at radius 2 is 1.39 bits per heavy atom. The van der Waals surface area contributed by atoms with Crippen LogP contribution in [0.4, 0.5) is 52.7 Å². The SMILES string of the molecule is OCC(F)(F)C(F)(F)C(F)(F)C(F)(F)C(O)c1cccc(C(F)=C(F)F)c1F. The molecule has 0 radical (unpaired) electrons. The Labute approximate surface area is 147 Å². The van der Waals surface area contributed by atoms with Crippen LogP contribution in [0.5, 0.6) is 0 Å². The van der Waals surface area contributed by atoms with E-state index in [2.05, 4.69) is 0 Å². The van der Waals surface area contributed by atoms with E-state index in [1.807, 2.05) is 0 Å². The van der Waals surface area contributed by atoms with Gasteiger partial charge in [0.25, 0.3) is 0 Å². The van der Waals surface area contributed by atoms with E-state index in [0.717, 1.165) is 0 Å². The van der Waals surface area contributed by atoms with Gasteiger partial charge in [0.15, 0.2) is 11.9 Å². The minimum absolute atomic E-state index is 0.0270. The van der Waals surface area contributed by atoms with Crippen LogP contribution in [-0.4, -0.2) is 40.5 Å². The van der Waals surface area contributed by atoms with E-state index in [0.29, 0.717) is 6.07 Å². The lowest BCUT2D eigenvalue weighted by Gasteiger charge is -2.38. The summed E-state index contributed by atoms with van der Waals surface area (Å²) in [7, 11) is 0. The molecule has 1 unspecified atom stereocenters. The van der Waals surface area contributed by atoms with Crippen molar-refractivity contribution < 1.29 is 62.9 Å². The van der Waals surface area contributed by atoms with Crippen molar-refractivity contribution in [3.63, 3.8) is 0 Å². The van der Waals surface area contributed by atoms with Gasteiger partial charge in [0, 0.05) is 5.56 Å². The molecule has 1 atom stereocenters. The molecule has 28 heavy (non-hydrogen) atoms. The topological polar surface area (TPSA) is 40.5 Å². The molecule has 1 aromatic rings. The van der Waals surface area contributed by atoms with Crippen LogP contribution in [0.2, 0.25) is 0 Å². The number of hydrogen-bond acceptors (Lipinski definition) is 2. The van der Waals surface area contributed by atoms with Crippen molar-refractivity contribution in [2.24, 2.45) is 0 Å². The molecule has 0 aliphatic heterocycles. The molecule has 0 aliphatic rings. The molecule has 14 heteroatoms. The molecule has 0 saturated carbocycles. The lowest BCUT2D eigenvalue weighted by molar-refractivity contribution is -0.384. The fourth-order valence-electron chi connectivity index (χ4n) is 1.94. The Hall–Kier alpha value is -1.96. The van der Waals surface area contributed by atoms with Gasteiger partial charge in [-0.1, -0.05) is 12.1 Å². The van der Waals surface area contributed by atoms with Crippen molar-refractivity contribution in [3.8, 4) is 0 Å². The van der Waals surface area contributed by atoms with Gasteiger partial charge in [0.05, 0.1) is 5.56 Å². The molecule has 0 aliphatic carbocycles. The fraction of sp³-hybridized carbons (Fsp3) is 0.429. The molecular formula is C14H8F12O2. The number of hydrogen-bond donors (Lipinski definition) is 2. The van der Waals surface area contributed by atoms with Crippen molar-refractivity contribution in [3.05, 3.63) is 41.2 Å². The zero-order valence-corrected chi connectivity index (χ0v) is 12.9. The average molecular weight is 436 g/mol. The van der Waals surface area contributed by atoms with Crippen LogP contribution in [0.25, 0.3) is 5.83 Å². The summed E-state index contributed by atoms with van der Waals surface area (Å²) in [6.07, 6.45) is -7.46. The van der Waals surface area contributed by atoms with Gasteiger partial charge in [-0.2, -0.15) is 43.9 Å². The van der Waals surface area contributed by atoms with Crippen molar-refractivity contribution in [1.82, 2.24) is 0 Å².